The number of hydrogen-bond acceptors (Lipinski definition) is 0. The van der Waals surface area contributed by atoms with Gasteiger partial charge in [0.1, 0.15) is 0 Å². The molecule has 0 saturated carbocycles. The standard InChI is InChI=1S/C45H44/c1-8-16-33(10-3)38(17-9-2)37-24-22-34(26-30(37)4)31(5)35-23-25-41-42(28-35)45(6,7)43-29-36(27-32-18-12-11-13-19-32)39-20-14-15-21-40(39)44(41)43/h3,9,11-15,17-26,28-29,31H,8,16,27H2,1-2,4-7H3/b17-9-,38-33+. The summed E-state index contributed by atoms with van der Waals surface area (Å²) < 4.78 is 0. The highest BCUT2D eigenvalue weighted by atomic mass is 14.4. The fraction of sp³-hybridized carbons (Fsp3) is 0.244. The maximum absolute atomic E-state index is 5.96. The summed E-state index contributed by atoms with van der Waals surface area (Å²) in [7, 11) is 0. The fourth-order valence-electron chi connectivity index (χ4n) is 7.41. The molecule has 224 valence electrons. The minimum Gasteiger partial charge on any atom is -0.115 e. The largest absolute Gasteiger partial charge is 0.115 e. The number of hydrogen-bond donors (Lipinski definition) is 0. The number of terminal acetylenes is 1. The molecule has 1 aliphatic carbocycles. The average molecular weight is 585 g/mol. The molecule has 0 fully saturated rings. The first-order valence-corrected chi connectivity index (χ1v) is 16.5. The second kappa shape index (κ2) is 12.4. The third-order valence-electron chi connectivity index (χ3n) is 9.90. The molecule has 0 aliphatic heterocycles. The van der Waals surface area contributed by atoms with Crippen molar-refractivity contribution >= 4 is 16.3 Å². The lowest BCUT2D eigenvalue weighted by Gasteiger charge is -2.24. The Bertz CT molecular complexity index is 1990. The van der Waals surface area contributed by atoms with Crippen LogP contribution >= 0.6 is 0 Å². The van der Waals surface area contributed by atoms with Gasteiger partial charge >= 0.3 is 0 Å². The first-order valence-electron chi connectivity index (χ1n) is 16.5. The maximum Gasteiger partial charge on any atom is 0.0159 e. The normalized spacial score (nSPS) is 14.6. The summed E-state index contributed by atoms with van der Waals surface area (Å²) in [6.07, 6.45) is 13.1. The predicted octanol–water partition coefficient (Wildman–Crippen LogP) is 12.0. The molecule has 0 bridgehead atoms. The van der Waals surface area contributed by atoms with E-state index >= 15 is 0 Å². The summed E-state index contributed by atoms with van der Waals surface area (Å²) >= 11 is 0. The Morgan fingerprint density at radius 1 is 0.844 bits per heavy atom. The second-order valence-electron chi connectivity index (χ2n) is 13.2. The van der Waals surface area contributed by atoms with E-state index in [1.165, 1.54) is 72.0 Å². The van der Waals surface area contributed by atoms with Crippen molar-refractivity contribution in [2.24, 2.45) is 0 Å². The van der Waals surface area contributed by atoms with Gasteiger partial charge < -0.3 is 0 Å². The van der Waals surface area contributed by atoms with E-state index in [1.54, 1.807) is 0 Å². The summed E-state index contributed by atoms with van der Waals surface area (Å²) in [4.78, 5) is 0. The summed E-state index contributed by atoms with van der Waals surface area (Å²) in [6.45, 7) is 13.6. The minimum atomic E-state index is -0.0905. The Labute approximate surface area is 270 Å². The fourth-order valence-corrected chi connectivity index (χ4v) is 7.41. The first kappa shape index (κ1) is 30.4. The van der Waals surface area contributed by atoms with E-state index in [4.69, 9.17) is 6.42 Å². The average Bonchev–Trinajstić information content (AvgIpc) is 3.28. The Hall–Kier alpha value is -4.60. The van der Waals surface area contributed by atoms with E-state index < -0.39 is 0 Å². The molecule has 0 heteroatoms. The van der Waals surface area contributed by atoms with Gasteiger partial charge in [-0.2, -0.15) is 0 Å². The zero-order valence-corrected chi connectivity index (χ0v) is 27.7. The summed E-state index contributed by atoms with van der Waals surface area (Å²) in [5.41, 5.74) is 15.7. The predicted molar refractivity (Wildman–Crippen MR) is 195 cm³/mol. The molecule has 0 saturated heterocycles. The molecule has 0 heterocycles. The van der Waals surface area contributed by atoms with Gasteiger partial charge in [0, 0.05) is 16.9 Å². The highest BCUT2D eigenvalue weighted by Gasteiger charge is 2.37. The van der Waals surface area contributed by atoms with Crippen LogP contribution in [0.1, 0.15) is 97.9 Å². The smallest absolute Gasteiger partial charge is 0.0159 e. The number of fused-ring (bicyclic) bond motifs is 5. The van der Waals surface area contributed by atoms with E-state index in [0.29, 0.717) is 0 Å². The van der Waals surface area contributed by atoms with Crippen molar-refractivity contribution in [3.05, 3.63) is 159 Å². The minimum absolute atomic E-state index is 0.0905. The first-order chi connectivity index (χ1) is 21.8. The van der Waals surface area contributed by atoms with Crippen molar-refractivity contribution in [1.82, 2.24) is 0 Å². The van der Waals surface area contributed by atoms with E-state index in [0.717, 1.165) is 24.8 Å². The van der Waals surface area contributed by atoms with Crippen LogP contribution in [0, 0.1) is 19.3 Å². The summed E-state index contributed by atoms with van der Waals surface area (Å²) in [5.74, 6) is 3.24. The zero-order valence-electron chi connectivity index (χ0n) is 27.7. The third kappa shape index (κ3) is 5.47. The number of benzene rings is 5. The van der Waals surface area contributed by atoms with Gasteiger partial charge in [0.05, 0.1) is 0 Å². The van der Waals surface area contributed by atoms with Crippen molar-refractivity contribution in [1.29, 1.82) is 0 Å². The van der Waals surface area contributed by atoms with Gasteiger partial charge in [-0.25, -0.2) is 0 Å². The number of rotatable bonds is 8. The molecule has 1 aliphatic rings. The summed E-state index contributed by atoms with van der Waals surface area (Å²) in [5, 5.41) is 2.72. The molecular formula is C45H44. The molecule has 1 unspecified atom stereocenters. The molecule has 6 rings (SSSR count). The van der Waals surface area contributed by atoms with Crippen LogP contribution in [-0.2, 0) is 11.8 Å². The van der Waals surface area contributed by atoms with Crippen molar-refractivity contribution in [2.75, 3.05) is 0 Å². The number of aryl methyl sites for hydroxylation is 1. The van der Waals surface area contributed by atoms with Gasteiger partial charge in [-0.05, 0) is 98.7 Å². The molecule has 5 aromatic carbocycles. The highest BCUT2D eigenvalue weighted by molar-refractivity contribution is 6.04. The van der Waals surface area contributed by atoms with Crippen molar-refractivity contribution in [2.45, 2.75) is 72.1 Å². The van der Waals surface area contributed by atoms with Crippen LogP contribution in [0.25, 0.3) is 27.5 Å². The van der Waals surface area contributed by atoms with Crippen LogP contribution in [0.15, 0.2) is 115 Å². The molecule has 0 spiro atoms. The zero-order chi connectivity index (χ0) is 31.7. The van der Waals surface area contributed by atoms with Gasteiger partial charge in [0.25, 0.3) is 0 Å². The van der Waals surface area contributed by atoms with Crippen molar-refractivity contribution in [3.8, 4) is 23.5 Å². The highest BCUT2D eigenvalue weighted by Crippen LogP contribution is 2.53. The topological polar surface area (TPSA) is 0 Å². The van der Waals surface area contributed by atoms with Gasteiger partial charge in [-0.3, -0.25) is 0 Å². The van der Waals surface area contributed by atoms with Crippen LogP contribution in [0.4, 0.5) is 0 Å². The van der Waals surface area contributed by atoms with Crippen LogP contribution in [0.3, 0.4) is 0 Å². The van der Waals surface area contributed by atoms with Crippen LogP contribution in [0.5, 0.6) is 0 Å². The molecule has 0 aromatic heterocycles. The molecular weight excluding hydrogens is 540 g/mol. The second-order valence-corrected chi connectivity index (χ2v) is 13.2. The Kier molecular flexibility index (Phi) is 8.40. The van der Waals surface area contributed by atoms with Crippen LogP contribution in [0.2, 0.25) is 0 Å². The molecule has 1 atom stereocenters. The molecule has 0 N–H and O–H groups in total. The monoisotopic (exact) mass is 584 g/mol. The lowest BCUT2D eigenvalue weighted by molar-refractivity contribution is 0.658. The lowest BCUT2D eigenvalue weighted by atomic mass is 9.79. The Balaban J connectivity index is 1.40. The van der Waals surface area contributed by atoms with E-state index in [-0.39, 0.29) is 11.3 Å². The van der Waals surface area contributed by atoms with Crippen molar-refractivity contribution < 1.29 is 0 Å². The third-order valence-corrected chi connectivity index (χ3v) is 9.90. The van der Waals surface area contributed by atoms with E-state index in [1.807, 2.05) is 0 Å². The summed E-state index contributed by atoms with van der Waals surface area (Å²) in [6, 6.07) is 36.5. The molecule has 45 heavy (non-hydrogen) atoms. The lowest BCUT2D eigenvalue weighted by Crippen LogP contribution is -2.16. The molecule has 0 amide bonds. The SMILES string of the molecule is C#C/C(CCC)=C(/C=C\C)c1ccc(C(C)c2ccc3c(c2)C(C)(C)c2cc(Cc4ccccc4)c4ccccc4c2-3)cc1C. The quantitative estimate of drug-likeness (QED) is 0.126. The maximum atomic E-state index is 5.96. The van der Waals surface area contributed by atoms with Crippen LogP contribution in [-0.4, -0.2) is 0 Å². The van der Waals surface area contributed by atoms with Gasteiger partial charge in [-0.1, -0.05) is 149 Å². The Morgan fingerprint density at radius 2 is 1.53 bits per heavy atom. The molecule has 0 nitrogen and oxygen atoms in total. The van der Waals surface area contributed by atoms with Gasteiger partial charge in [-0.15, -0.1) is 6.42 Å². The molecule has 0 radical (unpaired) electrons. The van der Waals surface area contributed by atoms with Gasteiger partial charge in [0.15, 0.2) is 0 Å². The van der Waals surface area contributed by atoms with Gasteiger partial charge in [0.2, 0.25) is 0 Å². The van der Waals surface area contributed by atoms with Crippen molar-refractivity contribution in [3.63, 3.8) is 0 Å². The van der Waals surface area contributed by atoms with E-state index in [2.05, 4.69) is 157 Å². The molecule has 5 aromatic rings. The Morgan fingerprint density at radius 3 is 2.22 bits per heavy atom. The van der Waals surface area contributed by atoms with E-state index in [9.17, 15) is 0 Å². The van der Waals surface area contributed by atoms with Crippen LogP contribution < -0.4 is 0 Å². The number of allylic oxidation sites excluding steroid dienone is 4.